The van der Waals surface area contributed by atoms with Crippen molar-refractivity contribution in [1.82, 2.24) is 10.3 Å². The van der Waals surface area contributed by atoms with E-state index in [9.17, 15) is 19.2 Å². The van der Waals surface area contributed by atoms with Crippen molar-refractivity contribution < 1.29 is 19.2 Å². The van der Waals surface area contributed by atoms with E-state index in [1.54, 1.807) is 18.2 Å². The number of anilines is 2. The highest BCUT2D eigenvalue weighted by Crippen LogP contribution is 2.32. The summed E-state index contributed by atoms with van der Waals surface area (Å²) in [5.41, 5.74) is 12.0. The number of nitrogens with zero attached hydrogens (tertiary/aromatic N) is 1. The number of amides is 3. The molecule has 45 heavy (non-hydrogen) atoms. The zero-order valence-corrected chi connectivity index (χ0v) is 26.3. The average Bonchev–Trinajstić information content (AvgIpc) is 3.40. The highest BCUT2D eigenvalue weighted by atomic mass is 16.2. The second kappa shape index (κ2) is 14.2. The van der Waals surface area contributed by atoms with Gasteiger partial charge < -0.3 is 21.7 Å². The third kappa shape index (κ3) is 8.02. The molecule has 2 aromatic carbocycles. The van der Waals surface area contributed by atoms with Gasteiger partial charge >= 0.3 is 0 Å². The Morgan fingerprint density at radius 3 is 2.40 bits per heavy atom. The summed E-state index contributed by atoms with van der Waals surface area (Å²) in [5.74, 6) is -0.481. The Labute approximate surface area is 264 Å². The minimum Gasteiger partial charge on any atom is -0.349 e. The fourth-order valence-electron chi connectivity index (χ4n) is 6.36. The molecule has 9 nitrogen and oxygen atoms in total. The van der Waals surface area contributed by atoms with E-state index in [1.807, 2.05) is 57.2 Å². The Morgan fingerprint density at radius 2 is 1.73 bits per heavy atom. The predicted octanol–water partition coefficient (Wildman–Crippen LogP) is 5.21. The lowest BCUT2D eigenvalue weighted by Crippen LogP contribution is -2.31. The molecule has 5 rings (SSSR count). The van der Waals surface area contributed by atoms with E-state index in [0.717, 1.165) is 53.6 Å². The Bertz CT molecular complexity index is 1570. The minimum atomic E-state index is -0.555. The van der Waals surface area contributed by atoms with Crippen LogP contribution < -0.4 is 21.7 Å². The first-order chi connectivity index (χ1) is 21.6. The molecule has 2 heterocycles. The zero-order chi connectivity index (χ0) is 32.1. The van der Waals surface area contributed by atoms with Crippen molar-refractivity contribution in [3.63, 3.8) is 0 Å². The lowest BCUT2D eigenvalue weighted by atomic mass is 9.77. The summed E-state index contributed by atoms with van der Waals surface area (Å²) in [7, 11) is 0. The summed E-state index contributed by atoms with van der Waals surface area (Å²) in [4.78, 5) is 55.8. The number of hydrogen-bond donors (Lipinski definition) is 4. The molecule has 1 saturated carbocycles. The maximum Gasteiger partial charge on any atom is 0.270 e. The van der Waals surface area contributed by atoms with E-state index in [-0.39, 0.29) is 41.9 Å². The first-order valence-corrected chi connectivity index (χ1v) is 15.9. The van der Waals surface area contributed by atoms with Crippen molar-refractivity contribution >= 4 is 34.9 Å². The van der Waals surface area contributed by atoms with E-state index in [0.29, 0.717) is 42.4 Å². The first-order valence-electron chi connectivity index (χ1n) is 15.9. The molecule has 3 amide bonds. The maximum atomic E-state index is 13.7. The minimum absolute atomic E-state index is 0.0234. The van der Waals surface area contributed by atoms with E-state index in [2.05, 4.69) is 20.9 Å². The topological polar surface area (TPSA) is 143 Å². The summed E-state index contributed by atoms with van der Waals surface area (Å²) in [5, 5.41) is 8.69. The lowest BCUT2D eigenvalue weighted by molar-refractivity contribution is -0.129. The summed E-state index contributed by atoms with van der Waals surface area (Å²) < 4.78 is 0. The molecule has 236 valence electrons. The molecule has 1 aliphatic carbocycles. The van der Waals surface area contributed by atoms with Crippen molar-refractivity contribution in [3.8, 4) is 11.1 Å². The van der Waals surface area contributed by atoms with Crippen LogP contribution in [0.4, 0.5) is 11.4 Å². The van der Waals surface area contributed by atoms with Gasteiger partial charge in [0.05, 0.1) is 6.42 Å². The Hall–Kier alpha value is -4.37. The van der Waals surface area contributed by atoms with Gasteiger partial charge in [-0.3, -0.25) is 19.2 Å². The van der Waals surface area contributed by atoms with Gasteiger partial charge in [0.25, 0.3) is 5.91 Å². The van der Waals surface area contributed by atoms with Crippen LogP contribution in [0.1, 0.15) is 73.3 Å². The van der Waals surface area contributed by atoms with Crippen LogP contribution >= 0.6 is 0 Å². The molecule has 0 radical (unpaired) electrons. The number of hydrogen-bond acceptors (Lipinski definition) is 6. The molecule has 2 aliphatic rings. The zero-order valence-electron chi connectivity index (χ0n) is 26.3. The molecule has 1 atom stereocenters. The van der Waals surface area contributed by atoms with Gasteiger partial charge in [-0.2, -0.15) is 0 Å². The van der Waals surface area contributed by atoms with Crippen molar-refractivity contribution in [2.24, 2.45) is 23.5 Å². The quantitative estimate of drug-likeness (QED) is 0.235. The van der Waals surface area contributed by atoms with E-state index in [4.69, 9.17) is 5.73 Å². The third-order valence-electron chi connectivity index (χ3n) is 8.94. The molecular formula is C36H43N5O4. The highest BCUT2D eigenvalue weighted by Gasteiger charge is 2.30. The fraction of sp³-hybridized carbons (Fsp3) is 0.417. The molecule has 1 aromatic heterocycles. The molecule has 0 bridgehead atoms. The Morgan fingerprint density at radius 1 is 1.00 bits per heavy atom. The number of pyridine rings is 1. The molecule has 5 N–H and O–H groups in total. The van der Waals surface area contributed by atoms with Crippen LogP contribution in [0.2, 0.25) is 0 Å². The van der Waals surface area contributed by atoms with Crippen molar-refractivity contribution in [2.45, 2.75) is 71.8 Å². The number of aromatic nitrogens is 1. The number of ketones is 1. The molecule has 0 spiro atoms. The number of nitrogens with one attached hydrogen (secondary N) is 3. The summed E-state index contributed by atoms with van der Waals surface area (Å²) in [6.07, 6.45) is 4.43. The molecule has 9 heteroatoms. The first kappa shape index (κ1) is 32.0. The van der Waals surface area contributed by atoms with Gasteiger partial charge in [-0.1, -0.05) is 36.4 Å². The van der Waals surface area contributed by atoms with E-state index < -0.39 is 5.92 Å². The maximum absolute atomic E-state index is 13.7. The monoisotopic (exact) mass is 609 g/mol. The van der Waals surface area contributed by atoms with Gasteiger partial charge in [-0.05, 0) is 100 Å². The van der Waals surface area contributed by atoms with Crippen LogP contribution in [0.3, 0.4) is 0 Å². The predicted molar refractivity (Wildman–Crippen MR) is 176 cm³/mol. The second-order valence-corrected chi connectivity index (χ2v) is 12.8. The van der Waals surface area contributed by atoms with Gasteiger partial charge in [0.1, 0.15) is 11.5 Å². The second-order valence-electron chi connectivity index (χ2n) is 12.8. The number of aryl methyl sites for hydroxylation is 1. The Balaban J connectivity index is 1.31. The lowest BCUT2D eigenvalue weighted by Gasteiger charge is -2.27. The Kier molecular flexibility index (Phi) is 10.1. The van der Waals surface area contributed by atoms with Gasteiger partial charge in [0.15, 0.2) is 0 Å². The number of rotatable bonds is 11. The van der Waals surface area contributed by atoms with Crippen LogP contribution in [0.15, 0.2) is 54.6 Å². The summed E-state index contributed by atoms with van der Waals surface area (Å²) in [6, 6.07) is 17.0. The fourth-order valence-corrected chi connectivity index (χ4v) is 6.36. The number of carbonyl (C=O) groups excluding carboxylic acids is 4. The standard InChI is InChI=1S/C36H43N5O4/c1-21(2)38-36(45)31-15-14-30(22(3)39-31)25-8-4-23(5-9-25)16-28(17-33(42)26-10-6-24(20-37)7-11-26)35(44)40-29-13-12-27-18-34(43)41-32(27)19-29/h4-5,8-9,12-15,19,21,24,26,28H,6-7,10-11,16-18,20,37H2,1-3H3,(H,38,45)(H,40,44)(H,41,43)/t24?,26?,28-/m1/s1. The van der Waals surface area contributed by atoms with Crippen molar-refractivity contribution in [3.05, 3.63) is 77.1 Å². The molecule has 0 saturated heterocycles. The van der Waals surface area contributed by atoms with Gasteiger partial charge in [0, 0.05) is 46.9 Å². The molecule has 1 aliphatic heterocycles. The SMILES string of the molecule is Cc1nc(C(=O)NC(C)C)ccc1-c1ccc(C[C@H](CC(=O)C2CCC(CN)CC2)C(=O)Nc2ccc3c(c2)NC(=O)C3)cc1. The van der Waals surface area contributed by atoms with Gasteiger partial charge in [0.2, 0.25) is 11.8 Å². The van der Waals surface area contributed by atoms with E-state index in [1.165, 1.54) is 0 Å². The summed E-state index contributed by atoms with van der Waals surface area (Å²) >= 11 is 0. The number of Topliss-reactive ketones (excluding diaryl/α,β-unsaturated/α-hetero) is 1. The van der Waals surface area contributed by atoms with Crippen LogP contribution in [-0.2, 0) is 27.2 Å². The van der Waals surface area contributed by atoms with Crippen LogP contribution in [0.5, 0.6) is 0 Å². The van der Waals surface area contributed by atoms with Crippen LogP contribution in [-0.4, -0.2) is 41.1 Å². The smallest absolute Gasteiger partial charge is 0.270 e. The van der Waals surface area contributed by atoms with Crippen molar-refractivity contribution in [2.75, 3.05) is 17.2 Å². The molecule has 0 unspecified atom stereocenters. The van der Waals surface area contributed by atoms with E-state index >= 15 is 0 Å². The largest absolute Gasteiger partial charge is 0.349 e. The number of fused-ring (bicyclic) bond motifs is 1. The number of benzene rings is 2. The molecule has 1 fully saturated rings. The van der Waals surface area contributed by atoms with Crippen LogP contribution in [0, 0.1) is 24.7 Å². The highest BCUT2D eigenvalue weighted by molar-refractivity contribution is 6.01. The third-order valence-corrected chi connectivity index (χ3v) is 8.94. The normalized spacial score (nSPS) is 18.2. The van der Waals surface area contributed by atoms with Crippen molar-refractivity contribution in [1.29, 1.82) is 0 Å². The van der Waals surface area contributed by atoms with Crippen LogP contribution in [0.25, 0.3) is 11.1 Å². The van der Waals surface area contributed by atoms with Gasteiger partial charge in [-0.25, -0.2) is 4.98 Å². The molecular weight excluding hydrogens is 566 g/mol. The van der Waals surface area contributed by atoms with Gasteiger partial charge in [-0.15, -0.1) is 0 Å². The molecule has 3 aromatic rings. The summed E-state index contributed by atoms with van der Waals surface area (Å²) in [6.45, 7) is 6.35. The average molecular weight is 610 g/mol. The number of nitrogens with two attached hydrogens (primary N) is 1. The number of carbonyl (C=O) groups is 4.